The van der Waals surface area contributed by atoms with Gasteiger partial charge in [-0.2, -0.15) is 0 Å². The maximum atomic E-state index is 10.3. The molecule has 0 aliphatic rings. The van der Waals surface area contributed by atoms with Crippen LogP contribution in [0.5, 0.6) is 0 Å². The summed E-state index contributed by atoms with van der Waals surface area (Å²) in [6.07, 6.45) is -0.169. The minimum absolute atomic E-state index is 0.163. The highest BCUT2D eigenvalue weighted by Gasteiger charge is 2.09. The summed E-state index contributed by atoms with van der Waals surface area (Å²) in [5.74, 6) is -1.01. The molecule has 0 amide bonds. The van der Waals surface area contributed by atoms with Gasteiger partial charge in [0.1, 0.15) is 0 Å². The van der Waals surface area contributed by atoms with Crippen LogP contribution in [0.2, 0.25) is 0 Å². The van der Waals surface area contributed by atoms with Crippen molar-refractivity contribution in [1.82, 2.24) is 0 Å². The van der Waals surface area contributed by atoms with Gasteiger partial charge in [0.25, 0.3) is 0 Å². The monoisotopic (exact) mass is 174 g/mol. The van der Waals surface area contributed by atoms with Crippen LogP contribution in [-0.4, -0.2) is 33.5 Å². The van der Waals surface area contributed by atoms with Gasteiger partial charge in [-0.3, -0.25) is 0 Å². The molecule has 0 aliphatic carbocycles. The van der Waals surface area contributed by atoms with Crippen LogP contribution in [0.4, 0.5) is 0 Å². The summed E-state index contributed by atoms with van der Waals surface area (Å²) in [4.78, 5) is 10.3. The van der Waals surface area contributed by atoms with Crippen molar-refractivity contribution in [2.75, 3.05) is 0 Å². The van der Waals surface area contributed by atoms with E-state index in [-0.39, 0.29) is 12.0 Å². The zero-order valence-corrected chi connectivity index (χ0v) is 7.19. The van der Waals surface area contributed by atoms with Gasteiger partial charge < -0.3 is 15.3 Å². The number of aliphatic hydroxyl groups excluding tert-OH is 2. The van der Waals surface area contributed by atoms with E-state index in [1.54, 1.807) is 0 Å². The number of carbonyl (C=O) groups is 1. The molecule has 0 rings (SSSR count). The first-order valence-electron chi connectivity index (χ1n) is 3.71. The Morgan fingerprint density at radius 3 is 2.33 bits per heavy atom. The smallest absolute Gasteiger partial charge is 0.330 e. The molecular formula is C8H14O4. The molecule has 70 valence electrons. The molecule has 0 spiro atoms. The largest absolute Gasteiger partial charge is 0.478 e. The summed E-state index contributed by atoms with van der Waals surface area (Å²) in [6, 6.07) is 0. The van der Waals surface area contributed by atoms with Crippen LogP contribution < -0.4 is 0 Å². The third kappa shape index (κ3) is 4.10. The second-order valence-electron chi connectivity index (χ2n) is 2.74. The first-order valence-corrected chi connectivity index (χ1v) is 3.71. The standard InChI is InChI=1S/C8H14O4/c1-5(8(11)12)3-4-7(10)6(2)9/h3,6-7,9-10H,4H2,1-2H3,(H,11,12). The molecule has 4 heteroatoms. The normalized spacial score (nSPS) is 17.2. The van der Waals surface area contributed by atoms with Crippen LogP contribution in [0.25, 0.3) is 0 Å². The van der Waals surface area contributed by atoms with Crippen LogP contribution in [0.15, 0.2) is 11.6 Å². The third-order valence-electron chi connectivity index (χ3n) is 1.56. The zero-order valence-electron chi connectivity index (χ0n) is 7.19. The summed E-state index contributed by atoms with van der Waals surface area (Å²) < 4.78 is 0. The molecule has 0 radical (unpaired) electrons. The number of hydrogen-bond acceptors (Lipinski definition) is 3. The lowest BCUT2D eigenvalue weighted by molar-refractivity contribution is -0.132. The number of aliphatic hydroxyl groups is 2. The van der Waals surface area contributed by atoms with Crippen molar-refractivity contribution in [3.63, 3.8) is 0 Å². The predicted octanol–water partition coefficient (Wildman–Crippen LogP) is 0.149. The fourth-order valence-corrected chi connectivity index (χ4v) is 0.582. The Balaban J connectivity index is 3.96. The van der Waals surface area contributed by atoms with Gasteiger partial charge in [-0.15, -0.1) is 0 Å². The number of aliphatic carboxylic acids is 1. The topological polar surface area (TPSA) is 77.8 Å². The molecule has 3 N–H and O–H groups in total. The average Bonchev–Trinajstić information content (AvgIpc) is 1.98. The van der Waals surface area contributed by atoms with E-state index >= 15 is 0 Å². The Morgan fingerprint density at radius 1 is 1.50 bits per heavy atom. The molecule has 0 aromatic carbocycles. The fourth-order valence-electron chi connectivity index (χ4n) is 0.582. The Labute approximate surface area is 71.1 Å². The van der Waals surface area contributed by atoms with Crippen molar-refractivity contribution in [2.45, 2.75) is 32.5 Å². The highest BCUT2D eigenvalue weighted by Crippen LogP contribution is 2.02. The molecule has 0 aromatic rings. The second kappa shape index (κ2) is 4.90. The lowest BCUT2D eigenvalue weighted by atomic mass is 10.1. The third-order valence-corrected chi connectivity index (χ3v) is 1.56. The zero-order chi connectivity index (χ0) is 9.72. The van der Waals surface area contributed by atoms with Gasteiger partial charge in [0.05, 0.1) is 12.2 Å². The van der Waals surface area contributed by atoms with Gasteiger partial charge in [-0.25, -0.2) is 4.79 Å². The van der Waals surface area contributed by atoms with E-state index in [0.717, 1.165) is 0 Å². The number of carboxylic acids is 1. The SMILES string of the molecule is CC(=CCC(O)C(C)O)C(=O)O. The summed E-state index contributed by atoms with van der Waals surface area (Å²) in [6.45, 7) is 2.89. The Hall–Kier alpha value is -0.870. The minimum atomic E-state index is -1.01. The Kier molecular flexibility index (Phi) is 4.54. The molecule has 0 fully saturated rings. The van der Waals surface area contributed by atoms with Gasteiger partial charge in [-0.1, -0.05) is 6.08 Å². The predicted molar refractivity (Wildman–Crippen MR) is 43.7 cm³/mol. The van der Waals surface area contributed by atoms with Crippen molar-refractivity contribution in [1.29, 1.82) is 0 Å². The van der Waals surface area contributed by atoms with Crippen LogP contribution in [0.1, 0.15) is 20.3 Å². The lowest BCUT2D eigenvalue weighted by Crippen LogP contribution is -2.21. The number of carboxylic acid groups (broad SMARTS) is 1. The summed E-state index contributed by atoms with van der Waals surface area (Å²) in [7, 11) is 0. The van der Waals surface area contributed by atoms with E-state index in [2.05, 4.69) is 0 Å². The quantitative estimate of drug-likeness (QED) is 0.530. The molecule has 0 aliphatic heterocycles. The molecule has 4 nitrogen and oxygen atoms in total. The summed E-state index contributed by atoms with van der Waals surface area (Å²) in [5, 5.41) is 26.3. The second-order valence-corrected chi connectivity index (χ2v) is 2.74. The lowest BCUT2D eigenvalue weighted by Gasteiger charge is -2.10. The van der Waals surface area contributed by atoms with Crippen LogP contribution in [0.3, 0.4) is 0 Å². The molecule has 0 heterocycles. The maximum absolute atomic E-state index is 10.3. The molecule has 0 saturated heterocycles. The fraction of sp³-hybridized carbons (Fsp3) is 0.625. The highest BCUT2D eigenvalue weighted by atomic mass is 16.4. The van der Waals surface area contributed by atoms with Crippen LogP contribution in [-0.2, 0) is 4.79 Å². The molecular weight excluding hydrogens is 160 g/mol. The van der Waals surface area contributed by atoms with Crippen molar-refractivity contribution in [3.8, 4) is 0 Å². The molecule has 0 bridgehead atoms. The van der Waals surface area contributed by atoms with E-state index < -0.39 is 18.2 Å². The van der Waals surface area contributed by atoms with Gasteiger partial charge >= 0.3 is 5.97 Å². The molecule has 0 saturated carbocycles. The van der Waals surface area contributed by atoms with E-state index in [9.17, 15) is 4.79 Å². The molecule has 2 atom stereocenters. The van der Waals surface area contributed by atoms with Crippen LogP contribution in [0, 0.1) is 0 Å². The number of hydrogen-bond donors (Lipinski definition) is 3. The maximum Gasteiger partial charge on any atom is 0.330 e. The van der Waals surface area contributed by atoms with E-state index in [0.29, 0.717) is 0 Å². The first kappa shape index (κ1) is 11.1. The van der Waals surface area contributed by atoms with E-state index in [4.69, 9.17) is 15.3 Å². The van der Waals surface area contributed by atoms with E-state index in [1.807, 2.05) is 0 Å². The highest BCUT2D eigenvalue weighted by molar-refractivity contribution is 5.85. The average molecular weight is 174 g/mol. The Morgan fingerprint density at radius 2 is 2.00 bits per heavy atom. The Bertz CT molecular complexity index is 183. The van der Waals surface area contributed by atoms with Crippen molar-refractivity contribution >= 4 is 5.97 Å². The summed E-state index contributed by atoms with van der Waals surface area (Å²) >= 11 is 0. The van der Waals surface area contributed by atoms with Crippen molar-refractivity contribution < 1.29 is 20.1 Å². The van der Waals surface area contributed by atoms with Gasteiger partial charge in [0, 0.05) is 5.57 Å². The van der Waals surface area contributed by atoms with Gasteiger partial charge in [0.15, 0.2) is 0 Å². The van der Waals surface area contributed by atoms with Crippen molar-refractivity contribution in [3.05, 3.63) is 11.6 Å². The molecule has 12 heavy (non-hydrogen) atoms. The first-order chi connectivity index (χ1) is 5.45. The van der Waals surface area contributed by atoms with Gasteiger partial charge in [0.2, 0.25) is 0 Å². The minimum Gasteiger partial charge on any atom is -0.478 e. The van der Waals surface area contributed by atoms with Crippen molar-refractivity contribution in [2.24, 2.45) is 0 Å². The molecule has 2 unspecified atom stereocenters. The molecule has 0 aromatic heterocycles. The number of rotatable bonds is 4. The summed E-state index contributed by atoms with van der Waals surface area (Å²) in [5.41, 5.74) is 0.176. The van der Waals surface area contributed by atoms with Crippen LogP contribution >= 0.6 is 0 Å². The van der Waals surface area contributed by atoms with E-state index in [1.165, 1.54) is 19.9 Å². The van der Waals surface area contributed by atoms with Gasteiger partial charge in [-0.05, 0) is 20.3 Å².